The van der Waals surface area contributed by atoms with Crippen molar-refractivity contribution in [3.05, 3.63) is 48.6 Å². The van der Waals surface area contributed by atoms with Crippen LogP contribution in [0.2, 0.25) is 0 Å². The van der Waals surface area contributed by atoms with E-state index in [1.807, 2.05) is 12.1 Å². The van der Waals surface area contributed by atoms with E-state index in [1.165, 1.54) is 0 Å². The topological polar surface area (TPSA) is 77.8 Å². The van der Waals surface area contributed by atoms with Crippen molar-refractivity contribution >= 4 is 0 Å². The summed E-state index contributed by atoms with van der Waals surface area (Å²) in [4.78, 5) is 12.5. The van der Waals surface area contributed by atoms with Crippen molar-refractivity contribution in [3.8, 4) is 11.5 Å². The molecule has 3 heterocycles. The SMILES string of the molecule is c1coc(C2CC2c2nc(-c3cnccn3)no2)c1. The lowest BCUT2D eigenvalue weighted by Gasteiger charge is -1.90. The zero-order valence-electron chi connectivity index (χ0n) is 9.93. The molecule has 3 aromatic rings. The van der Waals surface area contributed by atoms with Gasteiger partial charge in [0.15, 0.2) is 0 Å². The van der Waals surface area contributed by atoms with Crippen molar-refractivity contribution in [1.82, 2.24) is 20.1 Å². The lowest BCUT2D eigenvalue weighted by atomic mass is 10.2. The lowest BCUT2D eigenvalue weighted by Crippen LogP contribution is -1.87. The summed E-state index contributed by atoms with van der Waals surface area (Å²) in [5.74, 6) is 2.70. The van der Waals surface area contributed by atoms with Crippen molar-refractivity contribution in [2.24, 2.45) is 0 Å². The molecule has 94 valence electrons. The number of nitrogens with zero attached hydrogens (tertiary/aromatic N) is 4. The third-order valence-corrected chi connectivity index (χ3v) is 3.25. The number of hydrogen-bond donors (Lipinski definition) is 0. The Morgan fingerprint density at radius 1 is 1.21 bits per heavy atom. The van der Waals surface area contributed by atoms with Crippen LogP contribution < -0.4 is 0 Å². The van der Waals surface area contributed by atoms with Gasteiger partial charge in [0.2, 0.25) is 11.7 Å². The van der Waals surface area contributed by atoms with Gasteiger partial charge < -0.3 is 8.94 Å². The van der Waals surface area contributed by atoms with Gasteiger partial charge >= 0.3 is 0 Å². The van der Waals surface area contributed by atoms with Gasteiger partial charge in [0.25, 0.3) is 0 Å². The molecule has 1 aliphatic rings. The number of aromatic nitrogens is 4. The maximum Gasteiger partial charge on any atom is 0.230 e. The smallest absolute Gasteiger partial charge is 0.230 e. The number of rotatable bonds is 3. The van der Waals surface area contributed by atoms with Crippen LogP contribution >= 0.6 is 0 Å². The summed E-state index contributed by atoms with van der Waals surface area (Å²) in [6, 6.07) is 3.87. The summed E-state index contributed by atoms with van der Waals surface area (Å²) in [6.45, 7) is 0. The molecule has 19 heavy (non-hydrogen) atoms. The van der Waals surface area contributed by atoms with Crippen molar-refractivity contribution in [1.29, 1.82) is 0 Å². The standard InChI is InChI=1S/C13H10N4O2/c1-2-11(18-5-1)8-6-9(8)13-16-12(17-19-13)10-7-14-3-4-15-10/h1-5,7-9H,6H2. The van der Waals surface area contributed by atoms with Gasteiger partial charge in [-0.2, -0.15) is 4.98 Å². The zero-order chi connectivity index (χ0) is 12.7. The van der Waals surface area contributed by atoms with Crippen LogP contribution in [0.15, 0.2) is 45.9 Å². The van der Waals surface area contributed by atoms with Crippen LogP contribution in [0.5, 0.6) is 0 Å². The van der Waals surface area contributed by atoms with Crippen LogP contribution in [0.4, 0.5) is 0 Å². The van der Waals surface area contributed by atoms with E-state index in [2.05, 4.69) is 20.1 Å². The third-order valence-electron chi connectivity index (χ3n) is 3.25. The first-order chi connectivity index (χ1) is 9.42. The molecule has 2 atom stereocenters. The summed E-state index contributed by atoms with van der Waals surface area (Å²) in [5.41, 5.74) is 0.618. The highest BCUT2D eigenvalue weighted by Crippen LogP contribution is 2.54. The predicted molar refractivity (Wildman–Crippen MR) is 64.1 cm³/mol. The molecule has 2 unspecified atom stereocenters. The molecular formula is C13H10N4O2. The van der Waals surface area contributed by atoms with Crippen molar-refractivity contribution < 1.29 is 8.94 Å². The molecule has 0 bridgehead atoms. The predicted octanol–water partition coefficient (Wildman–Crippen LogP) is 2.39. The summed E-state index contributed by atoms with van der Waals surface area (Å²) in [7, 11) is 0. The molecule has 0 aliphatic heterocycles. The summed E-state index contributed by atoms with van der Waals surface area (Å²) in [6.07, 6.45) is 7.50. The van der Waals surface area contributed by atoms with Crippen LogP contribution in [0, 0.1) is 0 Å². The molecule has 4 rings (SSSR count). The molecule has 1 fully saturated rings. The maximum absolute atomic E-state index is 5.39. The van der Waals surface area contributed by atoms with Crippen LogP contribution in [-0.2, 0) is 0 Å². The average Bonchev–Trinajstić information content (AvgIpc) is 2.93. The quantitative estimate of drug-likeness (QED) is 0.714. The monoisotopic (exact) mass is 254 g/mol. The Balaban J connectivity index is 1.57. The molecule has 0 N–H and O–H groups in total. The van der Waals surface area contributed by atoms with E-state index < -0.39 is 0 Å². The van der Waals surface area contributed by atoms with Crippen LogP contribution in [0.25, 0.3) is 11.5 Å². The molecule has 0 spiro atoms. The van der Waals surface area contributed by atoms with E-state index in [9.17, 15) is 0 Å². The average molecular weight is 254 g/mol. The molecule has 6 nitrogen and oxygen atoms in total. The van der Waals surface area contributed by atoms with Gasteiger partial charge in [0.1, 0.15) is 11.5 Å². The zero-order valence-corrected chi connectivity index (χ0v) is 9.93. The fourth-order valence-electron chi connectivity index (χ4n) is 2.19. The normalized spacial score (nSPS) is 21.5. The maximum atomic E-state index is 5.39. The van der Waals surface area contributed by atoms with E-state index in [1.54, 1.807) is 24.9 Å². The second-order valence-electron chi connectivity index (χ2n) is 4.51. The summed E-state index contributed by atoms with van der Waals surface area (Å²) in [5, 5.41) is 3.94. The lowest BCUT2D eigenvalue weighted by molar-refractivity contribution is 0.376. The van der Waals surface area contributed by atoms with E-state index in [-0.39, 0.29) is 5.92 Å². The Bertz CT molecular complexity index is 678. The Morgan fingerprint density at radius 2 is 2.21 bits per heavy atom. The minimum Gasteiger partial charge on any atom is -0.469 e. The van der Waals surface area contributed by atoms with Gasteiger partial charge in [-0.25, -0.2) is 4.98 Å². The highest BCUT2D eigenvalue weighted by atomic mass is 16.5. The minimum absolute atomic E-state index is 0.254. The Kier molecular flexibility index (Phi) is 2.20. The van der Waals surface area contributed by atoms with Gasteiger partial charge in [0, 0.05) is 24.2 Å². The van der Waals surface area contributed by atoms with Crippen LogP contribution in [0.3, 0.4) is 0 Å². The Hall–Kier alpha value is -2.50. The number of hydrogen-bond acceptors (Lipinski definition) is 6. The Labute approximate surface area is 108 Å². The molecule has 0 radical (unpaired) electrons. The Morgan fingerprint density at radius 3 is 3.00 bits per heavy atom. The molecule has 0 saturated heterocycles. The van der Waals surface area contributed by atoms with Gasteiger partial charge in [0.05, 0.1) is 12.5 Å². The van der Waals surface area contributed by atoms with E-state index in [0.29, 0.717) is 23.3 Å². The van der Waals surface area contributed by atoms with Gasteiger partial charge in [-0.3, -0.25) is 4.98 Å². The van der Waals surface area contributed by atoms with Crippen LogP contribution in [0.1, 0.15) is 29.9 Å². The molecule has 6 heteroatoms. The van der Waals surface area contributed by atoms with E-state index in [0.717, 1.165) is 12.2 Å². The van der Waals surface area contributed by atoms with Crippen molar-refractivity contribution in [2.45, 2.75) is 18.3 Å². The van der Waals surface area contributed by atoms with Gasteiger partial charge in [-0.15, -0.1) is 0 Å². The second kappa shape index (κ2) is 4.01. The second-order valence-corrected chi connectivity index (χ2v) is 4.51. The largest absolute Gasteiger partial charge is 0.469 e. The first-order valence-corrected chi connectivity index (χ1v) is 6.05. The number of furan rings is 1. The van der Waals surface area contributed by atoms with Gasteiger partial charge in [-0.05, 0) is 18.6 Å². The first kappa shape index (κ1) is 10.4. The highest BCUT2D eigenvalue weighted by Gasteiger charge is 2.45. The van der Waals surface area contributed by atoms with Crippen molar-refractivity contribution in [3.63, 3.8) is 0 Å². The van der Waals surface area contributed by atoms with Crippen molar-refractivity contribution in [2.75, 3.05) is 0 Å². The summed E-state index contributed by atoms with van der Waals surface area (Å²) >= 11 is 0. The fourth-order valence-corrected chi connectivity index (χ4v) is 2.19. The minimum atomic E-state index is 0.254. The van der Waals surface area contributed by atoms with Crippen LogP contribution in [-0.4, -0.2) is 20.1 Å². The van der Waals surface area contributed by atoms with E-state index >= 15 is 0 Å². The highest BCUT2D eigenvalue weighted by molar-refractivity contribution is 5.45. The molecule has 3 aromatic heterocycles. The van der Waals surface area contributed by atoms with E-state index in [4.69, 9.17) is 8.94 Å². The molecule has 0 amide bonds. The third kappa shape index (κ3) is 1.81. The summed E-state index contributed by atoms with van der Waals surface area (Å²) < 4.78 is 10.7. The molecule has 1 aliphatic carbocycles. The first-order valence-electron chi connectivity index (χ1n) is 6.05. The fraction of sp³-hybridized carbons (Fsp3) is 0.231. The molecule has 0 aromatic carbocycles. The molecule has 1 saturated carbocycles. The van der Waals surface area contributed by atoms with Gasteiger partial charge in [-0.1, -0.05) is 5.16 Å². The molecular weight excluding hydrogens is 244 g/mol.